The number of hydrogen-bond acceptors (Lipinski definition) is 6. The molecule has 1 aliphatic rings. The molecule has 0 bridgehead atoms. The van der Waals surface area contributed by atoms with Crippen LogP contribution in [0.3, 0.4) is 0 Å². The van der Waals surface area contributed by atoms with Gasteiger partial charge in [-0.15, -0.1) is 0 Å². The van der Waals surface area contributed by atoms with E-state index in [2.05, 4.69) is 24.8 Å². The van der Waals surface area contributed by atoms with Crippen LogP contribution in [0.15, 0.2) is 54.1 Å². The first-order valence-electron chi connectivity index (χ1n) is 9.64. The van der Waals surface area contributed by atoms with Crippen LogP contribution in [0.25, 0.3) is 11.3 Å². The van der Waals surface area contributed by atoms with Crippen LogP contribution in [0.1, 0.15) is 24.2 Å². The molecule has 3 aromatic heterocycles. The zero-order valence-electron chi connectivity index (χ0n) is 16.0. The van der Waals surface area contributed by atoms with Gasteiger partial charge in [-0.05, 0) is 50.9 Å². The number of rotatable bonds is 5. The Morgan fingerprint density at radius 2 is 1.79 bits per heavy atom. The van der Waals surface area contributed by atoms with Crippen molar-refractivity contribution in [1.29, 1.82) is 0 Å². The fraction of sp³-hybridized carbons (Fsp3) is 0.381. The van der Waals surface area contributed by atoms with Crippen molar-refractivity contribution in [3.8, 4) is 11.3 Å². The van der Waals surface area contributed by atoms with E-state index in [1.165, 1.54) is 0 Å². The van der Waals surface area contributed by atoms with Gasteiger partial charge in [-0.1, -0.05) is 0 Å². The van der Waals surface area contributed by atoms with Crippen molar-refractivity contribution in [2.45, 2.75) is 32.9 Å². The van der Waals surface area contributed by atoms with Crippen molar-refractivity contribution in [3.05, 3.63) is 71.1 Å². The molecule has 0 aliphatic carbocycles. The third-order valence-electron chi connectivity index (χ3n) is 5.26. The van der Waals surface area contributed by atoms with Gasteiger partial charge >= 0.3 is 0 Å². The maximum Gasteiger partial charge on any atom is 0.253 e. The fourth-order valence-corrected chi connectivity index (χ4v) is 3.61. The van der Waals surface area contributed by atoms with Gasteiger partial charge in [-0.2, -0.15) is 0 Å². The largest absolute Gasteiger partial charge is 0.299 e. The van der Waals surface area contributed by atoms with Gasteiger partial charge in [0, 0.05) is 55.1 Å². The minimum absolute atomic E-state index is 0.000968. The zero-order chi connectivity index (χ0) is 19.3. The number of pyridine rings is 1. The summed E-state index contributed by atoms with van der Waals surface area (Å²) in [4.78, 5) is 31.9. The molecule has 7 nitrogen and oxygen atoms in total. The summed E-state index contributed by atoms with van der Waals surface area (Å²) in [6.07, 6.45) is 11.1. The molecular formula is C21H24N6O. The summed E-state index contributed by atoms with van der Waals surface area (Å²) in [6.45, 7) is 5.56. The van der Waals surface area contributed by atoms with E-state index in [1.807, 2.05) is 31.5 Å². The maximum absolute atomic E-state index is 12.5. The Morgan fingerprint density at radius 1 is 1.07 bits per heavy atom. The average molecular weight is 376 g/mol. The van der Waals surface area contributed by atoms with Crippen molar-refractivity contribution in [2.24, 2.45) is 5.92 Å². The number of piperidine rings is 1. The van der Waals surface area contributed by atoms with Crippen molar-refractivity contribution < 1.29 is 0 Å². The lowest BCUT2D eigenvalue weighted by molar-refractivity contribution is 0.166. The lowest BCUT2D eigenvalue weighted by atomic mass is 9.96. The van der Waals surface area contributed by atoms with E-state index in [0.29, 0.717) is 11.6 Å². The van der Waals surface area contributed by atoms with Crippen LogP contribution in [0.4, 0.5) is 0 Å². The minimum atomic E-state index is 0.000968. The van der Waals surface area contributed by atoms with E-state index in [4.69, 9.17) is 0 Å². The Labute approximate surface area is 164 Å². The standard InChI is InChI=1S/C21H24N6O/c1-16-23-11-18(12-24-16)13-26-8-4-17(5-9-26)14-27-15-25-20(10-21(27)28)19-2-6-22-7-3-19/h2-3,6-7,10-12,15,17H,4-5,8-9,13-14H2,1H3. The van der Waals surface area contributed by atoms with E-state index in [9.17, 15) is 4.79 Å². The van der Waals surface area contributed by atoms with Crippen LogP contribution in [0.2, 0.25) is 0 Å². The summed E-state index contributed by atoms with van der Waals surface area (Å²) >= 11 is 0. The smallest absolute Gasteiger partial charge is 0.253 e. The quantitative estimate of drug-likeness (QED) is 0.680. The van der Waals surface area contributed by atoms with Gasteiger partial charge in [0.25, 0.3) is 5.56 Å². The van der Waals surface area contributed by atoms with E-state index < -0.39 is 0 Å². The molecule has 144 valence electrons. The highest BCUT2D eigenvalue weighted by Crippen LogP contribution is 2.20. The second-order valence-electron chi connectivity index (χ2n) is 7.36. The molecule has 28 heavy (non-hydrogen) atoms. The molecule has 0 amide bonds. The van der Waals surface area contributed by atoms with Gasteiger partial charge in [0.1, 0.15) is 5.82 Å². The first-order valence-corrected chi connectivity index (χ1v) is 9.64. The number of aryl methyl sites for hydroxylation is 1. The Morgan fingerprint density at radius 3 is 2.46 bits per heavy atom. The average Bonchev–Trinajstić information content (AvgIpc) is 2.73. The maximum atomic E-state index is 12.5. The lowest BCUT2D eigenvalue weighted by Crippen LogP contribution is -2.36. The Kier molecular flexibility index (Phi) is 5.53. The molecule has 0 spiro atoms. The van der Waals surface area contributed by atoms with Gasteiger partial charge in [0.15, 0.2) is 0 Å². The number of likely N-dealkylation sites (tertiary alicyclic amines) is 1. The van der Waals surface area contributed by atoms with Crippen LogP contribution in [-0.2, 0) is 13.1 Å². The molecule has 0 aromatic carbocycles. The summed E-state index contributed by atoms with van der Waals surface area (Å²) in [5, 5.41) is 0. The van der Waals surface area contributed by atoms with E-state index >= 15 is 0 Å². The summed E-state index contributed by atoms with van der Waals surface area (Å²) in [5.74, 6) is 1.30. The fourth-order valence-electron chi connectivity index (χ4n) is 3.61. The second kappa shape index (κ2) is 8.39. The van der Waals surface area contributed by atoms with E-state index in [1.54, 1.807) is 29.4 Å². The van der Waals surface area contributed by atoms with Crippen molar-refractivity contribution in [1.82, 2.24) is 29.4 Å². The van der Waals surface area contributed by atoms with Crippen LogP contribution >= 0.6 is 0 Å². The number of hydrogen-bond donors (Lipinski definition) is 0. The highest BCUT2D eigenvalue weighted by molar-refractivity contribution is 5.57. The second-order valence-corrected chi connectivity index (χ2v) is 7.36. The normalized spacial score (nSPS) is 15.6. The topological polar surface area (TPSA) is 76.8 Å². The third kappa shape index (κ3) is 4.48. The van der Waals surface area contributed by atoms with Crippen molar-refractivity contribution in [2.75, 3.05) is 13.1 Å². The predicted octanol–water partition coefficient (Wildman–Crippen LogP) is 2.32. The Hall–Kier alpha value is -2.93. The number of aromatic nitrogens is 5. The Balaban J connectivity index is 1.33. The summed E-state index contributed by atoms with van der Waals surface area (Å²) in [5.41, 5.74) is 2.75. The van der Waals surface area contributed by atoms with Gasteiger partial charge in [0.2, 0.25) is 0 Å². The van der Waals surface area contributed by atoms with Crippen molar-refractivity contribution >= 4 is 0 Å². The van der Waals surface area contributed by atoms with Gasteiger partial charge in [-0.25, -0.2) is 15.0 Å². The van der Waals surface area contributed by atoms with Crippen LogP contribution in [0, 0.1) is 12.8 Å². The molecule has 1 saturated heterocycles. The summed E-state index contributed by atoms with van der Waals surface area (Å²) < 4.78 is 1.73. The van der Waals surface area contributed by atoms with Crippen LogP contribution in [-0.4, -0.2) is 42.5 Å². The predicted molar refractivity (Wildman–Crippen MR) is 106 cm³/mol. The first-order chi connectivity index (χ1) is 13.7. The van der Waals surface area contributed by atoms with Crippen LogP contribution in [0.5, 0.6) is 0 Å². The lowest BCUT2D eigenvalue weighted by Gasteiger charge is -2.32. The molecule has 0 N–H and O–H groups in total. The molecule has 3 aromatic rings. The first kappa shape index (κ1) is 18.4. The minimum Gasteiger partial charge on any atom is -0.299 e. The van der Waals surface area contributed by atoms with Crippen LogP contribution < -0.4 is 5.56 Å². The highest BCUT2D eigenvalue weighted by Gasteiger charge is 2.20. The van der Waals surface area contributed by atoms with Gasteiger partial charge < -0.3 is 0 Å². The van der Waals surface area contributed by atoms with Crippen molar-refractivity contribution in [3.63, 3.8) is 0 Å². The highest BCUT2D eigenvalue weighted by atomic mass is 16.1. The molecule has 0 unspecified atom stereocenters. The molecule has 4 rings (SSSR count). The van der Waals surface area contributed by atoms with Gasteiger partial charge in [-0.3, -0.25) is 19.2 Å². The molecular weight excluding hydrogens is 352 g/mol. The molecule has 4 heterocycles. The van der Waals surface area contributed by atoms with Gasteiger partial charge in [0.05, 0.1) is 12.0 Å². The van der Waals surface area contributed by atoms with E-state index in [-0.39, 0.29) is 5.56 Å². The third-order valence-corrected chi connectivity index (χ3v) is 5.26. The van der Waals surface area contributed by atoms with E-state index in [0.717, 1.165) is 56.0 Å². The molecule has 1 aliphatic heterocycles. The molecule has 0 radical (unpaired) electrons. The summed E-state index contributed by atoms with van der Waals surface area (Å²) in [7, 11) is 0. The monoisotopic (exact) mass is 376 g/mol. The number of nitrogens with zero attached hydrogens (tertiary/aromatic N) is 6. The summed E-state index contributed by atoms with van der Waals surface area (Å²) in [6, 6.07) is 5.34. The zero-order valence-corrected chi connectivity index (χ0v) is 16.0. The molecule has 0 atom stereocenters. The Bertz CT molecular complexity index is 962. The molecule has 7 heteroatoms. The molecule has 1 fully saturated rings. The SMILES string of the molecule is Cc1ncc(CN2CCC(Cn3cnc(-c4ccncc4)cc3=O)CC2)cn1. The molecule has 0 saturated carbocycles.